The quantitative estimate of drug-likeness (QED) is 0.0471. The van der Waals surface area contributed by atoms with E-state index in [4.69, 9.17) is 20.0 Å². The van der Waals surface area contributed by atoms with Crippen LogP contribution >= 0.6 is 12.2 Å². The van der Waals surface area contributed by atoms with E-state index in [0.717, 1.165) is 43.0 Å². The number of aromatic nitrogens is 6. The molecule has 19 heteroatoms. The van der Waals surface area contributed by atoms with Gasteiger partial charge in [-0.2, -0.15) is 18.3 Å². The summed E-state index contributed by atoms with van der Waals surface area (Å²) in [7, 11) is 0. The Morgan fingerprint density at radius 2 is 1.53 bits per heavy atom. The van der Waals surface area contributed by atoms with Crippen LogP contribution in [0.3, 0.4) is 0 Å². The predicted octanol–water partition coefficient (Wildman–Crippen LogP) is 8.73. The molecule has 0 fully saturated rings. The Kier molecular flexibility index (Phi) is 17.7. The number of unbranched alkanes of at least 4 members (excludes halogenated alkanes) is 1. The van der Waals surface area contributed by atoms with E-state index in [-0.39, 0.29) is 66.6 Å². The number of isothiocyanates is 1. The van der Waals surface area contributed by atoms with Crippen molar-refractivity contribution in [2.45, 2.75) is 32.4 Å². The maximum absolute atomic E-state index is 12.7. The van der Waals surface area contributed by atoms with Crippen molar-refractivity contribution in [2.24, 2.45) is 0 Å². The number of carboxylic acid groups (broad SMARTS) is 1. The molecular weight excluding hydrogens is 915 g/mol. The molecule has 14 nitrogen and oxygen atoms in total. The Morgan fingerprint density at radius 3 is 2.13 bits per heavy atom. The fraction of sp³-hybridized carbons (Fsp3) is 0.140. The van der Waals surface area contributed by atoms with Gasteiger partial charge in [-0.1, -0.05) is 61.6 Å². The monoisotopic (exact) mass is 948 g/mol. The van der Waals surface area contributed by atoms with Crippen molar-refractivity contribution >= 4 is 47.6 Å². The average molecular weight is 948 g/mol. The molecule has 0 aliphatic heterocycles. The molecule has 0 spiro atoms. The molecule has 5 aromatic heterocycles. The molecule has 0 radical (unpaired) electrons. The molecule has 7 rings (SSSR count). The molecule has 1 aromatic carbocycles. The second-order valence-corrected chi connectivity index (χ2v) is 12.8. The van der Waals surface area contributed by atoms with Gasteiger partial charge < -0.3 is 35.1 Å². The summed E-state index contributed by atoms with van der Waals surface area (Å²) in [5, 5.41) is 24.4. The van der Waals surface area contributed by atoms with Crippen LogP contribution in [0.1, 0.15) is 47.8 Å². The first-order valence-corrected chi connectivity index (χ1v) is 18.6. The standard InChI is InChI=1S/C24H22F3N4.C18H11N3O6.CNS.Ru/c1-2-3-13-31(19-7-5-4-6-8-19)20-11-9-17(14-20)18-10-12-21(28-16-18)22-15-23(30-29-22)24(25,26)27;22-9-26-12-2-4-20-15(6-12)17-8-13(27-10-23)7-16(21-17)14-5-11(18(24)25)1-3-19-14;2-1-3;/h4-12,15-16H,2-3,13-14H2,1H3;1-10H,(H,24,25);;/q-1;;-1;+2. The van der Waals surface area contributed by atoms with Gasteiger partial charge in [-0.25, -0.2) is 9.78 Å². The van der Waals surface area contributed by atoms with Crippen molar-refractivity contribution < 1.29 is 61.6 Å². The Morgan fingerprint density at radius 1 is 0.887 bits per heavy atom. The number of allylic oxidation sites excluding steroid dienone is 3. The van der Waals surface area contributed by atoms with E-state index < -0.39 is 17.8 Å². The molecule has 0 saturated heterocycles. The van der Waals surface area contributed by atoms with E-state index >= 15 is 0 Å². The van der Waals surface area contributed by atoms with E-state index in [0.29, 0.717) is 17.1 Å². The van der Waals surface area contributed by atoms with Gasteiger partial charge >= 0.3 is 31.6 Å². The summed E-state index contributed by atoms with van der Waals surface area (Å²) in [6.07, 6.45) is 7.12. The zero-order chi connectivity index (χ0) is 43.8. The minimum absolute atomic E-state index is 0. The summed E-state index contributed by atoms with van der Waals surface area (Å²) in [5.74, 6) is -0.693. The third-order valence-electron chi connectivity index (χ3n) is 8.65. The number of aromatic carboxylic acids is 1. The summed E-state index contributed by atoms with van der Waals surface area (Å²) >= 11 is 3.70. The van der Waals surface area contributed by atoms with Gasteiger partial charge in [0.1, 0.15) is 17.2 Å². The molecule has 316 valence electrons. The molecule has 5 heterocycles. The van der Waals surface area contributed by atoms with Crippen LogP contribution < -0.4 is 19.5 Å². The molecule has 1 aliphatic carbocycles. The molecule has 0 bridgehead atoms. The predicted molar refractivity (Wildman–Crippen MR) is 222 cm³/mol. The average Bonchev–Trinajstić information content (AvgIpc) is 3.97. The van der Waals surface area contributed by atoms with Gasteiger partial charge in [0.2, 0.25) is 0 Å². The maximum Gasteiger partial charge on any atom is 2.00 e. The largest absolute Gasteiger partial charge is 2.00 e. The second kappa shape index (κ2) is 23.1. The smallest absolute Gasteiger partial charge is 0.753 e. The fourth-order valence-electron chi connectivity index (χ4n) is 5.83. The maximum atomic E-state index is 12.7. The van der Waals surface area contributed by atoms with Crippen LogP contribution in [0.4, 0.5) is 18.9 Å². The number of thiocarbonyl (C=S) groups is 1. The van der Waals surface area contributed by atoms with Gasteiger partial charge in [-0.3, -0.25) is 24.5 Å². The van der Waals surface area contributed by atoms with Gasteiger partial charge in [0, 0.05) is 66.8 Å². The Balaban J connectivity index is 0.000000255. The zero-order valence-electron chi connectivity index (χ0n) is 32.4. The molecule has 0 atom stereocenters. The van der Waals surface area contributed by atoms with Gasteiger partial charge in [0.05, 0.1) is 28.3 Å². The van der Waals surface area contributed by atoms with Crippen LogP contribution in [0.25, 0.3) is 45.1 Å². The van der Waals surface area contributed by atoms with Crippen LogP contribution in [0.15, 0.2) is 121 Å². The van der Waals surface area contributed by atoms with Crippen molar-refractivity contribution in [1.29, 1.82) is 0 Å². The van der Waals surface area contributed by atoms with Crippen molar-refractivity contribution in [1.82, 2.24) is 30.1 Å². The summed E-state index contributed by atoms with van der Waals surface area (Å²) in [4.78, 5) is 51.8. The minimum Gasteiger partial charge on any atom is -0.753 e. The first-order valence-electron chi connectivity index (χ1n) is 18.1. The van der Waals surface area contributed by atoms with E-state index in [1.807, 2.05) is 24.3 Å². The van der Waals surface area contributed by atoms with Crippen LogP contribution in [0.5, 0.6) is 11.5 Å². The summed E-state index contributed by atoms with van der Waals surface area (Å²) in [6.45, 7) is 3.66. The van der Waals surface area contributed by atoms with Crippen LogP contribution in [-0.4, -0.2) is 60.8 Å². The van der Waals surface area contributed by atoms with E-state index in [1.54, 1.807) is 12.3 Å². The molecule has 0 saturated carbocycles. The van der Waals surface area contributed by atoms with Crippen molar-refractivity contribution in [3.63, 3.8) is 0 Å². The van der Waals surface area contributed by atoms with Crippen LogP contribution in [0.2, 0.25) is 0 Å². The number of carbonyl (C=O) groups excluding carboxylic acids is 2. The van der Waals surface area contributed by atoms with Gasteiger partial charge in [-0.05, 0) is 66.1 Å². The number of halogens is 3. The van der Waals surface area contributed by atoms with Gasteiger partial charge in [0.15, 0.2) is 0 Å². The third kappa shape index (κ3) is 13.0. The van der Waals surface area contributed by atoms with E-state index in [1.165, 1.54) is 65.3 Å². The van der Waals surface area contributed by atoms with Crippen molar-refractivity contribution in [2.75, 3.05) is 11.4 Å². The Hall–Kier alpha value is -7.07. The first-order chi connectivity index (χ1) is 29.5. The Labute approximate surface area is 370 Å². The van der Waals surface area contributed by atoms with E-state index in [9.17, 15) is 27.6 Å². The topological polar surface area (TPSA) is 194 Å². The van der Waals surface area contributed by atoms with Crippen LogP contribution in [0, 0.1) is 0 Å². The number of nitrogens with zero attached hydrogens (tertiary/aromatic N) is 8. The fourth-order valence-corrected chi connectivity index (χ4v) is 5.83. The second-order valence-electron chi connectivity index (χ2n) is 12.6. The van der Waals surface area contributed by atoms with Gasteiger partial charge in [-0.15, -0.1) is 0 Å². The number of anilines is 1. The molecule has 1 N–H and O–H groups in total. The SMILES string of the molecule is CCCCN(C1=CC=C(c2ccc(-c3cc(C(F)(F)F)n[n-]3)nc2)C1)c1ccccc1.O=COc1ccnc(-c2cc(OC=O)cc(-c3cc(C(=O)O)ccn3)n2)c1.[N-]=C=S.[Ru+2]. The molecule has 0 amide bonds. The number of pyridine rings is 4. The number of hydrogen-bond donors (Lipinski definition) is 1. The molecule has 0 unspecified atom stereocenters. The third-order valence-corrected chi connectivity index (χ3v) is 8.65. The number of hydrogen-bond acceptors (Lipinski definition) is 12. The van der Waals surface area contributed by atoms with Crippen molar-refractivity contribution in [3.05, 3.63) is 144 Å². The number of benzene rings is 1. The molecule has 1 aliphatic rings. The number of carboxylic acids is 1. The minimum atomic E-state index is -4.51. The summed E-state index contributed by atoms with van der Waals surface area (Å²) in [5.41, 5.74) is 5.16. The molecule has 62 heavy (non-hydrogen) atoms. The molecular formula is C43H33F3N8O6RuS. The van der Waals surface area contributed by atoms with Crippen molar-refractivity contribution in [3.8, 4) is 45.7 Å². The summed E-state index contributed by atoms with van der Waals surface area (Å²) in [6, 6.07) is 23.3. The molecule has 6 aromatic rings. The number of para-hydroxylation sites is 1. The summed E-state index contributed by atoms with van der Waals surface area (Å²) < 4.78 is 47.9. The van der Waals surface area contributed by atoms with Crippen LogP contribution in [-0.2, 0) is 35.2 Å². The number of carbonyl (C=O) groups is 3. The number of alkyl halides is 3. The van der Waals surface area contributed by atoms with Gasteiger partial charge in [0.25, 0.3) is 12.9 Å². The van der Waals surface area contributed by atoms with E-state index in [2.05, 4.69) is 78.5 Å². The first kappa shape index (κ1) is 47.6. The number of ether oxygens (including phenoxy) is 2. The normalized spacial score (nSPS) is 11.4. The zero-order valence-corrected chi connectivity index (χ0v) is 35.0. The Bertz CT molecular complexity index is 2570. The number of rotatable bonds is 14.